The summed E-state index contributed by atoms with van der Waals surface area (Å²) in [6, 6.07) is 7.71. The largest absolute Gasteiger partial charge is 0.352 e. The van der Waals surface area contributed by atoms with Gasteiger partial charge in [0.25, 0.3) is 0 Å². The molecule has 0 radical (unpaired) electrons. The van der Waals surface area contributed by atoms with Crippen LogP contribution in [-0.4, -0.2) is 52.4 Å². The Morgan fingerprint density at radius 2 is 2.20 bits per heavy atom. The molecule has 1 fully saturated rings. The summed E-state index contributed by atoms with van der Waals surface area (Å²) in [5, 5.41) is 11.8. The van der Waals surface area contributed by atoms with Crippen molar-refractivity contribution in [3.63, 3.8) is 0 Å². The molecule has 25 heavy (non-hydrogen) atoms. The molecule has 0 aliphatic carbocycles. The zero-order chi connectivity index (χ0) is 18.0. The maximum Gasteiger partial charge on any atom is 0.230 e. The number of amides is 1. The van der Waals surface area contributed by atoms with E-state index >= 15 is 0 Å². The SMILES string of the molecule is Cc1cccc(-c2nnc(SCC(=O)N[C@@H]3CCS(=O)(=O)C3)n2C)c1. The van der Waals surface area contributed by atoms with Crippen molar-refractivity contribution in [1.82, 2.24) is 20.1 Å². The predicted octanol–water partition coefficient (Wildman–Crippen LogP) is 1.19. The summed E-state index contributed by atoms with van der Waals surface area (Å²) in [6.45, 7) is 2.02. The molecule has 1 aliphatic heterocycles. The number of benzene rings is 1. The lowest BCUT2D eigenvalue weighted by Gasteiger charge is -2.10. The number of aromatic nitrogens is 3. The van der Waals surface area contributed by atoms with E-state index in [2.05, 4.69) is 15.5 Å². The quantitative estimate of drug-likeness (QED) is 0.783. The molecule has 1 aliphatic rings. The van der Waals surface area contributed by atoms with Gasteiger partial charge < -0.3 is 9.88 Å². The molecule has 0 bridgehead atoms. The molecule has 2 heterocycles. The molecule has 3 rings (SSSR count). The standard InChI is InChI=1S/C16H20N4O3S2/c1-11-4-3-5-12(8-11)15-18-19-16(20(15)2)24-9-14(21)17-13-6-7-25(22,23)10-13/h3-5,8,13H,6-7,9-10H2,1-2H3,(H,17,21)/t13-/m1/s1. The van der Waals surface area contributed by atoms with Crippen LogP contribution in [0.1, 0.15) is 12.0 Å². The van der Waals surface area contributed by atoms with Gasteiger partial charge in [-0.1, -0.05) is 35.5 Å². The second kappa shape index (κ2) is 7.17. The van der Waals surface area contributed by atoms with E-state index in [0.29, 0.717) is 11.6 Å². The summed E-state index contributed by atoms with van der Waals surface area (Å²) in [6.07, 6.45) is 0.486. The van der Waals surface area contributed by atoms with Crippen molar-refractivity contribution in [2.45, 2.75) is 24.5 Å². The van der Waals surface area contributed by atoms with Crippen LogP contribution in [0, 0.1) is 6.92 Å². The number of hydrogen-bond donors (Lipinski definition) is 1. The normalized spacial score (nSPS) is 19.0. The molecule has 9 heteroatoms. The van der Waals surface area contributed by atoms with E-state index in [9.17, 15) is 13.2 Å². The Morgan fingerprint density at radius 1 is 1.40 bits per heavy atom. The Balaban J connectivity index is 1.60. The van der Waals surface area contributed by atoms with Gasteiger partial charge in [0.1, 0.15) is 0 Å². The predicted molar refractivity (Wildman–Crippen MR) is 97.1 cm³/mol. The van der Waals surface area contributed by atoms with Crippen molar-refractivity contribution in [1.29, 1.82) is 0 Å². The third-order valence-electron chi connectivity index (χ3n) is 4.04. The molecule has 1 N–H and O–H groups in total. The van der Waals surface area contributed by atoms with Gasteiger partial charge in [-0.25, -0.2) is 8.42 Å². The van der Waals surface area contributed by atoms with Crippen molar-refractivity contribution >= 4 is 27.5 Å². The zero-order valence-electron chi connectivity index (χ0n) is 14.1. The first-order chi connectivity index (χ1) is 11.8. The number of thioether (sulfide) groups is 1. The van der Waals surface area contributed by atoms with Crippen LogP contribution in [0.4, 0.5) is 0 Å². The third-order valence-corrected chi connectivity index (χ3v) is 6.83. The Morgan fingerprint density at radius 3 is 2.88 bits per heavy atom. The minimum atomic E-state index is -2.99. The van der Waals surface area contributed by atoms with Gasteiger partial charge in [-0.2, -0.15) is 0 Å². The van der Waals surface area contributed by atoms with Crippen LogP contribution in [0.3, 0.4) is 0 Å². The van der Waals surface area contributed by atoms with Crippen LogP contribution in [0.15, 0.2) is 29.4 Å². The maximum absolute atomic E-state index is 12.0. The van der Waals surface area contributed by atoms with Crippen LogP contribution >= 0.6 is 11.8 Å². The number of nitrogens with one attached hydrogen (secondary N) is 1. The van der Waals surface area contributed by atoms with Gasteiger partial charge in [0, 0.05) is 18.7 Å². The van der Waals surface area contributed by atoms with Crippen LogP contribution in [0.25, 0.3) is 11.4 Å². The number of aryl methyl sites for hydroxylation is 1. The van der Waals surface area contributed by atoms with Crippen LogP contribution in [-0.2, 0) is 21.7 Å². The van der Waals surface area contributed by atoms with Gasteiger partial charge in [-0.15, -0.1) is 10.2 Å². The van der Waals surface area contributed by atoms with E-state index in [4.69, 9.17) is 0 Å². The summed E-state index contributed by atoms with van der Waals surface area (Å²) < 4.78 is 24.7. The Bertz CT molecular complexity index is 893. The van der Waals surface area contributed by atoms with E-state index in [-0.39, 0.29) is 29.2 Å². The summed E-state index contributed by atoms with van der Waals surface area (Å²) in [5.74, 6) is 0.913. The Kier molecular flexibility index (Phi) is 5.14. The van der Waals surface area contributed by atoms with E-state index in [1.54, 1.807) is 0 Å². The highest BCUT2D eigenvalue weighted by Crippen LogP contribution is 2.23. The zero-order valence-corrected chi connectivity index (χ0v) is 15.7. The second-order valence-corrected chi connectivity index (χ2v) is 9.36. The van der Waals surface area contributed by atoms with Crippen molar-refractivity contribution in [3.8, 4) is 11.4 Å². The van der Waals surface area contributed by atoms with Gasteiger partial charge in [-0.3, -0.25) is 4.79 Å². The number of sulfone groups is 1. The molecular weight excluding hydrogens is 360 g/mol. The van der Waals surface area contributed by atoms with Crippen molar-refractivity contribution in [3.05, 3.63) is 29.8 Å². The van der Waals surface area contributed by atoms with E-state index < -0.39 is 9.84 Å². The molecule has 0 saturated carbocycles. The molecular formula is C16H20N4O3S2. The lowest BCUT2D eigenvalue weighted by Crippen LogP contribution is -2.36. The lowest BCUT2D eigenvalue weighted by atomic mass is 10.1. The third kappa shape index (κ3) is 4.40. The number of carbonyl (C=O) groups excluding carboxylic acids is 1. The summed E-state index contributed by atoms with van der Waals surface area (Å²) in [4.78, 5) is 12.0. The molecule has 134 valence electrons. The van der Waals surface area contributed by atoms with Crippen molar-refractivity contribution in [2.24, 2.45) is 7.05 Å². The number of carbonyl (C=O) groups is 1. The Hall–Kier alpha value is -1.87. The minimum Gasteiger partial charge on any atom is -0.352 e. The maximum atomic E-state index is 12.0. The van der Waals surface area contributed by atoms with E-state index in [1.165, 1.54) is 11.8 Å². The fraction of sp³-hybridized carbons (Fsp3) is 0.438. The molecule has 1 aromatic heterocycles. The molecule has 0 spiro atoms. The number of rotatable bonds is 5. The average Bonchev–Trinajstić information content (AvgIpc) is 3.07. The summed E-state index contributed by atoms with van der Waals surface area (Å²) in [5.41, 5.74) is 2.11. The summed E-state index contributed by atoms with van der Waals surface area (Å²) >= 11 is 1.29. The summed E-state index contributed by atoms with van der Waals surface area (Å²) in [7, 11) is -1.13. The first-order valence-electron chi connectivity index (χ1n) is 7.93. The highest BCUT2D eigenvalue weighted by atomic mass is 32.2. The fourth-order valence-corrected chi connectivity index (χ4v) is 5.18. The molecule has 7 nitrogen and oxygen atoms in total. The Labute approximate surface area is 151 Å². The molecule has 1 amide bonds. The first kappa shape index (κ1) is 17.9. The lowest BCUT2D eigenvalue weighted by molar-refractivity contribution is -0.119. The highest BCUT2D eigenvalue weighted by Gasteiger charge is 2.28. The van der Waals surface area contributed by atoms with Crippen molar-refractivity contribution < 1.29 is 13.2 Å². The van der Waals surface area contributed by atoms with Crippen molar-refractivity contribution in [2.75, 3.05) is 17.3 Å². The van der Waals surface area contributed by atoms with Gasteiger partial charge in [0.15, 0.2) is 20.8 Å². The minimum absolute atomic E-state index is 0.0326. The molecule has 2 aromatic rings. The van der Waals surface area contributed by atoms with Crippen LogP contribution in [0.5, 0.6) is 0 Å². The molecule has 1 aromatic carbocycles. The fourth-order valence-electron chi connectivity index (χ4n) is 2.78. The smallest absolute Gasteiger partial charge is 0.230 e. The van der Waals surface area contributed by atoms with Gasteiger partial charge in [-0.05, 0) is 19.4 Å². The number of nitrogens with zero attached hydrogens (tertiary/aromatic N) is 3. The molecule has 0 unspecified atom stereocenters. The molecule has 1 atom stereocenters. The van der Waals surface area contributed by atoms with Crippen LogP contribution in [0.2, 0.25) is 0 Å². The molecule has 1 saturated heterocycles. The second-order valence-electron chi connectivity index (χ2n) is 6.19. The number of hydrogen-bond acceptors (Lipinski definition) is 6. The van der Waals surface area contributed by atoms with Gasteiger partial charge >= 0.3 is 0 Å². The van der Waals surface area contributed by atoms with Crippen LogP contribution < -0.4 is 5.32 Å². The monoisotopic (exact) mass is 380 g/mol. The first-order valence-corrected chi connectivity index (χ1v) is 10.7. The van der Waals surface area contributed by atoms with E-state index in [0.717, 1.165) is 17.0 Å². The van der Waals surface area contributed by atoms with Gasteiger partial charge in [0.2, 0.25) is 5.91 Å². The highest BCUT2D eigenvalue weighted by molar-refractivity contribution is 7.99. The van der Waals surface area contributed by atoms with E-state index in [1.807, 2.05) is 42.8 Å². The average molecular weight is 380 g/mol. The van der Waals surface area contributed by atoms with Gasteiger partial charge in [0.05, 0.1) is 17.3 Å². The topological polar surface area (TPSA) is 94.0 Å².